The summed E-state index contributed by atoms with van der Waals surface area (Å²) in [6.07, 6.45) is -1.74. The number of aromatic nitrogens is 1. The Labute approximate surface area is 144 Å². The number of alkyl halides is 3. The van der Waals surface area contributed by atoms with Crippen LogP contribution in [0.25, 0.3) is 0 Å². The Morgan fingerprint density at radius 2 is 2.13 bits per heavy atom. The van der Waals surface area contributed by atoms with Crippen LogP contribution in [0.4, 0.5) is 18.9 Å². The number of rotatable bonds is 5. The van der Waals surface area contributed by atoms with Gasteiger partial charge in [0, 0.05) is 12.5 Å². The number of carbonyl (C=O) groups excluding carboxylic acids is 1. The van der Waals surface area contributed by atoms with Crippen LogP contribution in [0.3, 0.4) is 0 Å². The highest BCUT2D eigenvalue weighted by atomic mass is 35.5. The predicted molar refractivity (Wildman–Crippen MR) is 84.5 cm³/mol. The summed E-state index contributed by atoms with van der Waals surface area (Å²) in [7, 11) is 0. The van der Waals surface area contributed by atoms with E-state index in [0.717, 1.165) is 19.5 Å². The zero-order chi connectivity index (χ0) is 15.3. The lowest BCUT2D eigenvalue weighted by molar-refractivity contribution is -0.154. The van der Waals surface area contributed by atoms with Crippen LogP contribution in [0, 0.1) is 5.92 Å². The molecule has 0 radical (unpaired) electrons. The fourth-order valence-corrected chi connectivity index (χ4v) is 2.06. The topological polar surface area (TPSA) is 63.2 Å². The first kappa shape index (κ1) is 21.8. The summed E-state index contributed by atoms with van der Waals surface area (Å²) in [5.74, 6) is 0.0622. The molecule has 132 valence electrons. The highest BCUT2D eigenvalue weighted by Gasteiger charge is 2.28. The van der Waals surface area contributed by atoms with E-state index in [9.17, 15) is 18.0 Å². The van der Waals surface area contributed by atoms with Crippen molar-refractivity contribution in [1.82, 2.24) is 10.3 Å². The molecule has 2 heterocycles. The molecule has 0 aliphatic carbocycles. The van der Waals surface area contributed by atoms with Crippen LogP contribution >= 0.6 is 24.8 Å². The van der Waals surface area contributed by atoms with E-state index in [2.05, 4.69) is 20.4 Å². The maximum absolute atomic E-state index is 12.0. The van der Waals surface area contributed by atoms with Crippen molar-refractivity contribution in [2.24, 2.45) is 5.92 Å². The smallest absolute Gasteiger partial charge is 0.422 e. The normalized spacial score (nSPS) is 16.9. The van der Waals surface area contributed by atoms with Crippen molar-refractivity contribution in [3.63, 3.8) is 0 Å². The average molecular weight is 376 g/mol. The lowest BCUT2D eigenvalue weighted by Gasteiger charge is -2.10. The van der Waals surface area contributed by atoms with Gasteiger partial charge in [-0.1, -0.05) is 0 Å². The van der Waals surface area contributed by atoms with Crippen molar-refractivity contribution in [2.45, 2.75) is 19.0 Å². The van der Waals surface area contributed by atoms with Gasteiger partial charge in [0.1, 0.15) is 0 Å². The zero-order valence-corrected chi connectivity index (χ0v) is 13.7. The molecule has 1 aromatic rings. The highest BCUT2D eigenvalue weighted by molar-refractivity contribution is 5.90. The van der Waals surface area contributed by atoms with Crippen LogP contribution in [0.1, 0.15) is 12.8 Å². The Balaban J connectivity index is 0.00000242. The molecule has 0 spiro atoms. The number of hydrogen-bond acceptors (Lipinski definition) is 4. The van der Waals surface area contributed by atoms with Crippen molar-refractivity contribution in [3.05, 3.63) is 18.3 Å². The minimum absolute atomic E-state index is 0. The molecule has 1 aliphatic rings. The Kier molecular flexibility index (Phi) is 9.26. The summed E-state index contributed by atoms with van der Waals surface area (Å²) in [5, 5.41) is 5.84. The molecule has 1 saturated heterocycles. The van der Waals surface area contributed by atoms with E-state index in [1.807, 2.05) is 0 Å². The molecule has 2 rings (SSSR count). The van der Waals surface area contributed by atoms with Crippen LogP contribution in [-0.4, -0.2) is 36.8 Å². The second kappa shape index (κ2) is 9.79. The van der Waals surface area contributed by atoms with E-state index in [-0.39, 0.29) is 36.6 Å². The second-order valence-corrected chi connectivity index (χ2v) is 4.90. The molecule has 1 aliphatic heterocycles. The van der Waals surface area contributed by atoms with E-state index < -0.39 is 12.8 Å². The number of nitrogens with zero attached hydrogens (tertiary/aromatic N) is 1. The first-order chi connectivity index (χ1) is 9.92. The number of carbonyl (C=O) groups is 1. The van der Waals surface area contributed by atoms with Gasteiger partial charge in [-0.15, -0.1) is 24.8 Å². The van der Waals surface area contributed by atoms with Gasteiger partial charge in [-0.3, -0.25) is 4.79 Å². The monoisotopic (exact) mass is 375 g/mol. The largest absolute Gasteiger partial charge is 0.468 e. The molecule has 5 nitrogen and oxygen atoms in total. The minimum Gasteiger partial charge on any atom is -0.468 e. The van der Waals surface area contributed by atoms with E-state index in [4.69, 9.17) is 0 Å². The summed E-state index contributed by atoms with van der Waals surface area (Å²) in [5.41, 5.74) is 0.435. The van der Waals surface area contributed by atoms with Crippen molar-refractivity contribution >= 4 is 36.4 Å². The van der Waals surface area contributed by atoms with Gasteiger partial charge < -0.3 is 15.4 Å². The molecular weight excluding hydrogens is 358 g/mol. The van der Waals surface area contributed by atoms with Crippen molar-refractivity contribution < 1.29 is 22.7 Å². The molecule has 10 heteroatoms. The van der Waals surface area contributed by atoms with Gasteiger partial charge in [0.15, 0.2) is 6.61 Å². The average Bonchev–Trinajstić information content (AvgIpc) is 2.89. The molecular formula is C13H18Cl2F3N3O2. The van der Waals surface area contributed by atoms with Crippen molar-refractivity contribution in [3.8, 4) is 5.88 Å². The first-order valence-electron chi connectivity index (χ1n) is 6.58. The molecule has 2 N–H and O–H groups in total. The third kappa shape index (κ3) is 8.24. The van der Waals surface area contributed by atoms with Gasteiger partial charge in [0.25, 0.3) is 0 Å². The van der Waals surface area contributed by atoms with Gasteiger partial charge in [-0.25, -0.2) is 4.98 Å². The quantitative estimate of drug-likeness (QED) is 0.830. The number of hydrogen-bond donors (Lipinski definition) is 2. The second-order valence-electron chi connectivity index (χ2n) is 4.90. The number of anilines is 1. The Bertz CT molecular complexity index is 480. The fourth-order valence-electron chi connectivity index (χ4n) is 2.06. The minimum atomic E-state index is -4.40. The van der Waals surface area contributed by atoms with Gasteiger partial charge in [0.05, 0.1) is 11.9 Å². The molecule has 1 atom stereocenters. The van der Waals surface area contributed by atoms with Crippen LogP contribution in [0.2, 0.25) is 0 Å². The number of nitrogens with one attached hydrogen (secondary N) is 2. The molecule has 0 bridgehead atoms. The summed E-state index contributed by atoms with van der Waals surface area (Å²) < 4.78 is 40.4. The Morgan fingerprint density at radius 3 is 2.65 bits per heavy atom. The summed E-state index contributed by atoms with van der Waals surface area (Å²) in [4.78, 5) is 15.5. The van der Waals surface area contributed by atoms with Gasteiger partial charge in [-0.2, -0.15) is 13.2 Å². The van der Waals surface area contributed by atoms with Crippen molar-refractivity contribution in [2.75, 3.05) is 25.0 Å². The third-order valence-electron chi connectivity index (χ3n) is 3.04. The Morgan fingerprint density at radius 1 is 1.39 bits per heavy atom. The summed E-state index contributed by atoms with van der Waals surface area (Å²) in [6, 6.07) is 2.75. The van der Waals surface area contributed by atoms with Crippen molar-refractivity contribution in [1.29, 1.82) is 0 Å². The SMILES string of the molecule is Cl.Cl.O=C(CC1CCNC1)Nc1ccc(OCC(F)(F)F)nc1. The fraction of sp³-hybridized carbons (Fsp3) is 0.538. The molecule has 0 aromatic carbocycles. The highest BCUT2D eigenvalue weighted by Crippen LogP contribution is 2.18. The Hall–Kier alpha value is -1.25. The molecule has 0 saturated carbocycles. The molecule has 1 fully saturated rings. The first-order valence-corrected chi connectivity index (χ1v) is 6.58. The summed E-state index contributed by atoms with van der Waals surface area (Å²) >= 11 is 0. The maximum atomic E-state index is 12.0. The van der Waals surface area contributed by atoms with Gasteiger partial charge >= 0.3 is 6.18 Å². The van der Waals surface area contributed by atoms with E-state index in [1.54, 1.807) is 0 Å². The zero-order valence-electron chi connectivity index (χ0n) is 12.1. The van der Waals surface area contributed by atoms with Crippen LogP contribution in [0.15, 0.2) is 18.3 Å². The van der Waals surface area contributed by atoms with Gasteiger partial charge in [0.2, 0.25) is 11.8 Å². The number of halogens is 5. The standard InChI is InChI=1S/C13H16F3N3O2.2ClH/c14-13(15,16)8-21-12-2-1-10(7-18-12)19-11(20)5-9-3-4-17-6-9;;/h1-2,7,9,17H,3-6,8H2,(H,19,20);2*1H. The van der Waals surface area contributed by atoms with E-state index in [0.29, 0.717) is 18.0 Å². The molecule has 23 heavy (non-hydrogen) atoms. The van der Waals surface area contributed by atoms with E-state index >= 15 is 0 Å². The summed E-state index contributed by atoms with van der Waals surface area (Å²) in [6.45, 7) is 0.362. The number of ether oxygens (including phenoxy) is 1. The maximum Gasteiger partial charge on any atom is 0.422 e. The van der Waals surface area contributed by atoms with Crippen LogP contribution < -0.4 is 15.4 Å². The molecule has 1 amide bonds. The lowest BCUT2D eigenvalue weighted by Crippen LogP contribution is -2.20. The number of amides is 1. The van der Waals surface area contributed by atoms with Crippen LogP contribution in [0.5, 0.6) is 5.88 Å². The molecule has 1 unspecified atom stereocenters. The third-order valence-corrected chi connectivity index (χ3v) is 3.04. The molecule has 1 aromatic heterocycles. The predicted octanol–water partition coefficient (Wildman–Crippen LogP) is 2.80. The van der Waals surface area contributed by atoms with E-state index in [1.165, 1.54) is 18.3 Å². The number of pyridine rings is 1. The van der Waals surface area contributed by atoms with Crippen LogP contribution in [-0.2, 0) is 4.79 Å². The lowest BCUT2D eigenvalue weighted by atomic mass is 10.0. The van der Waals surface area contributed by atoms with Gasteiger partial charge in [-0.05, 0) is 31.5 Å².